The Morgan fingerprint density at radius 2 is 1.91 bits per heavy atom. The number of piperazine rings is 1. The van der Waals surface area contributed by atoms with Crippen molar-refractivity contribution < 1.29 is 4.79 Å². The highest BCUT2D eigenvalue weighted by Crippen LogP contribution is 2.19. The fraction of sp³-hybridized carbons (Fsp3) is 0.444. The summed E-state index contributed by atoms with van der Waals surface area (Å²) in [5.74, 6) is 0.147. The molecule has 2 heterocycles. The number of carbonyl (C=O) groups excluding carboxylic acids is 1. The average Bonchev–Trinajstić information content (AvgIpc) is 2.85. The van der Waals surface area contributed by atoms with Gasteiger partial charge >= 0.3 is 0 Å². The second-order valence-electron chi connectivity index (χ2n) is 6.19. The van der Waals surface area contributed by atoms with Gasteiger partial charge in [-0.25, -0.2) is 4.98 Å². The third-order valence-electron chi connectivity index (χ3n) is 4.36. The Balaban J connectivity index is 1.56. The van der Waals surface area contributed by atoms with Crippen molar-refractivity contribution >= 4 is 17.2 Å². The zero-order chi connectivity index (χ0) is 16.4. The van der Waals surface area contributed by atoms with Crippen molar-refractivity contribution in [1.82, 2.24) is 14.8 Å². The van der Waals surface area contributed by atoms with Gasteiger partial charge in [-0.3, -0.25) is 9.69 Å². The average molecular weight is 329 g/mol. The maximum atomic E-state index is 12.6. The van der Waals surface area contributed by atoms with Crippen LogP contribution in [0.25, 0.3) is 0 Å². The monoisotopic (exact) mass is 329 g/mol. The van der Waals surface area contributed by atoms with Crippen LogP contribution in [0.1, 0.15) is 31.5 Å². The fourth-order valence-electron chi connectivity index (χ4n) is 2.87. The van der Waals surface area contributed by atoms with E-state index in [1.807, 2.05) is 36.1 Å². The summed E-state index contributed by atoms with van der Waals surface area (Å²) < 4.78 is 0. The Hall–Kier alpha value is -1.72. The Morgan fingerprint density at radius 1 is 1.17 bits per heavy atom. The molecular formula is C18H23N3OS. The summed E-state index contributed by atoms with van der Waals surface area (Å²) in [7, 11) is 0. The summed E-state index contributed by atoms with van der Waals surface area (Å²) in [6.45, 7) is 10.5. The summed E-state index contributed by atoms with van der Waals surface area (Å²) in [4.78, 5) is 22.8. The molecule has 0 saturated carbocycles. The van der Waals surface area contributed by atoms with E-state index in [1.54, 1.807) is 11.3 Å². The van der Waals surface area contributed by atoms with Crippen molar-refractivity contribution in [3.05, 3.63) is 51.0 Å². The van der Waals surface area contributed by atoms with Gasteiger partial charge in [0, 0.05) is 36.6 Å². The topological polar surface area (TPSA) is 36.4 Å². The van der Waals surface area contributed by atoms with Gasteiger partial charge in [0.15, 0.2) is 0 Å². The molecule has 1 amide bonds. The number of hydrogen-bond acceptors (Lipinski definition) is 4. The van der Waals surface area contributed by atoms with Crippen LogP contribution in [0.15, 0.2) is 24.3 Å². The minimum atomic E-state index is 0.147. The highest BCUT2D eigenvalue weighted by atomic mass is 32.1. The lowest BCUT2D eigenvalue weighted by Gasteiger charge is -2.34. The van der Waals surface area contributed by atoms with E-state index in [9.17, 15) is 4.79 Å². The molecule has 0 unspecified atom stereocenters. The van der Waals surface area contributed by atoms with E-state index >= 15 is 0 Å². The third kappa shape index (κ3) is 3.79. The second kappa shape index (κ2) is 6.81. The van der Waals surface area contributed by atoms with Crippen LogP contribution in [0.2, 0.25) is 0 Å². The standard InChI is InChI=1S/C18H23N3OS/c1-13-5-4-6-16(11-13)18(22)21-9-7-20(8-10-21)12-17-19-14(2)15(3)23-17/h4-6,11H,7-10,12H2,1-3H3. The summed E-state index contributed by atoms with van der Waals surface area (Å²) in [5.41, 5.74) is 3.06. The van der Waals surface area contributed by atoms with Crippen LogP contribution in [0, 0.1) is 20.8 Å². The number of nitrogens with zero attached hydrogens (tertiary/aromatic N) is 3. The number of amides is 1. The van der Waals surface area contributed by atoms with Gasteiger partial charge < -0.3 is 4.90 Å². The molecule has 1 aromatic carbocycles. The predicted octanol–water partition coefficient (Wildman–Crippen LogP) is 3.03. The molecule has 0 spiro atoms. The molecule has 0 bridgehead atoms. The Bertz CT molecular complexity index is 683. The van der Waals surface area contributed by atoms with Crippen molar-refractivity contribution in [2.75, 3.05) is 26.2 Å². The normalized spacial score (nSPS) is 15.9. The smallest absolute Gasteiger partial charge is 0.253 e. The predicted molar refractivity (Wildman–Crippen MR) is 93.9 cm³/mol. The molecule has 122 valence electrons. The second-order valence-corrected chi connectivity index (χ2v) is 7.47. The fourth-order valence-corrected chi connectivity index (χ4v) is 3.84. The zero-order valence-corrected chi connectivity index (χ0v) is 14.8. The Morgan fingerprint density at radius 3 is 2.52 bits per heavy atom. The van der Waals surface area contributed by atoms with Crippen LogP contribution < -0.4 is 0 Å². The van der Waals surface area contributed by atoms with Crippen LogP contribution in [0.3, 0.4) is 0 Å². The molecule has 1 saturated heterocycles. The summed E-state index contributed by atoms with van der Waals surface area (Å²) in [5, 5.41) is 1.18. The molecule has 0 aliphatic carbocycles. The molecule has 4 nitrogen and oxygen atoms in total. The Labute approximate surface area is 141 Å². The van der Waals surface area contributed by atoms with Gasteiger partial charge in [-0.1, -0.05) is 17.7 Å². The number of hydrogen-bond donors (Lipinski definition) is 0. The van der Waals surface area contributed by atoms with Crippen LogP contribution in [-0.2, 0) is 6.54 Å². The number of rotatable bonds is 3. The van der Waals surface area contributed by atoms with Crippen LogP contribution in [0.5, 0.6) is 0 Å². The van der Waals surface area contributed by atoms with E-state index < -0.39 is 0 Å². The lowest BCUT2D eigenvalue weighted by molar-refractivity contribution is 0.0628. The van der Waals surface area contributed by atoms with E-state index in [2.05, 4.69) is 23.7 Å². The van der Waals surface area contributed by atoms with E-state index in [0.717, 1.165) is 49.5 Å². The van der Waals surface area contributed by atoms with Gasteiger partial charge in [-0.2, -0.15) is 0 Å². The first kappa shape index (κ1) is 16.1. The van der Waals surface area contributed by atoms with Crippen LogP contribution in [0.4, 0.5) is 0 Å². The van der Waals surface area contributed by atoms with Gasteiger partial charge in [0.1, 0.15) is 5.01 Å². The highest BCUT2D eigenvalue weighted by molar-refractivity contribution is 7.11. The van der Waals surface area contributed by atoms with Crippen molar-refractivity contribution in [1.29, 1.82) is 0 Å². The maximum absolute atomic E-state index is 12.6. The van der Waals surface area contributed by atoms with Gasteiger partial charge in [0.25, 0.3) is 5.91 Å². The molecule has 2 aromatic rings. The first-order valence-electron chi connectivity index (χ1n) is 8.04. The first-order valence-corrected chi connectivity index (χ1v) is 8.86. The molecule has 0 N–H and O–H groups in total. The largest absolute Gasteiger partial charge is 0.336 e. The molecule has 1 aliphatic rings. The van der Waals surface area contributed by atoms with E-state index in [1.165, 1.54) is 9.88 Å². The van der Waals surface area contributed by atoms with Gasteiger partial charge in [-0.05, 0) is 32.9 Å². The van der Waals surface area contributed by atoms with E-state index in [-0.39, 0.29) is 5.91 Å². The highest BCUT2D eigenvalue weighted by Gasteiger charge is 2.22. The van der Waals surface area contributed by atoms with Crippen molar-refractivity contribution in [2.24, 2.45) is 0 Å². The minimum absolute atomic E-state index is 0.147. The number of carbonyl (C=O) groups is 1. The zero-order valence-electron chi connectivity index (χ0n) is 14.0. The molecule has 1 fully saturated rings. The lowest BCUT2D eigenvalue weighted by atomic mass is 10.1. The Kier molecular flexibility index (Phi) is 4.78. The minimum Gasteiger partial charge on any atom is -0.336 e. The van der Waals surface area contributed by atoms with Gasteiger partial charge in [0.05, 0.1) is 12.2 Å². The summed E-state index contributed by atoms with van der Waals surface area (Å²) in [6.07, 6.45) is 0. The molecular weight excluding hydrogens is 306 g/mol. The van der Waals surface area contributed by atoms with E-state index in [0.29, 0.717) is 0 Å². The molecule has 0 radical (unpaired) electrons. The maximum Gasteiger partial charge on any atom is 0.253 e. The third-order valence-corrected chi connectivity index (χ3v) is 5.41. The van der Waals surface area contributed by atoms with Crippen molar-refractivity contribution in [2.45, 2.75) is 27.3 Å². The first-order chi connectivity index (χ1) is 11.0. The van der Waals surface area contributed by atoms with Gasteiger partial charge in [-0.15, -0.1) is 11.3 Å². The van der Waals surface area contributed by atoms with Crippen molar-refractivity contribution in [3.63, 3.8) is 0 Å². The van der Waals surface area contributed by atoms with E-state index in [4.69, 9.17) is 0 Å². The van der Waals surface area contributed by atoms with Crippen LogP contribution in [-0.4, -0.2) is 46.9 Å². The number of aryl methyl sites for hydroxylation is 3. The lowest BCUT2D eigenvalue weighted by Crippen LogP contribution is -2.48. The van der Waals surface area contributed by atoms with Crippen molar-refractivity contribution in [3.8, 4) is 0 Å². The molecule has 0 atom stereocenters. The molecule has 3 rings (SSSR count). The quantitative estimate of drug-likeness (QED) is 0.868. The summed E-state index contributed by atoms with van der Waals surface area (Å²) in [6, 6.07) is 7.84. The van der Waals surface area contributed by atoms with Gasteiger partial charge in [0.2, 0.25) is 0 Å². The molecule has 23 heavy (non-hydrogen) atoms. The SMILES string of the molecule is Cc1cccc(C(=O)N2CCN(Cc3nc(C)c(C)s3)CC2)c1. The number of aromatic nitrogens is 1. The summed E-state index contributed by atoms with van der Waals surface area (Å²) >= 11 is 1.78. The van der Waals surface area contributed by atoms with Crippen LogP contribution >= 0.6 is 11.3 Å². The number of benzene rings is 1. The molecule has 1 aromatic heterocycles. The molecule has 5 heteroatoms. The number of thiazole rings is 1. The molecule has 1 aliphatic heterocycles.